The van der Waals surface area contributed by atoms with Crippen molar-refractivity contribution in [2.75, 3.05) is 39.5 Å². The Kier molecular flexibility index (Phi) is 5.61. The first-order valence-electron chi connectivity index (χ1n) is 9.34. The summed E-state index contributed by atoms with van der Waals surface area (Å²) < 4.78 is 11.5. The fourth-order valence-electron chi connectivity index (χ4n) is 3.84. The largest absolute Gasteiger partial charge is 0.479 e. The zero-order valence-electron chi connectivity index (χ0n) is 15.2. The third-order valence-corrected chi connectivity index (χ3v) is 5.59. The Morgan fingerprint density at radius 1 is 1.22 bits per heavy atom. The summed E-state index contributed by atoms with van der Waals surface area (Å²) in [7, 11) is 0. The quantitative estimate of drug-likeness (QED) is 0.801. The maximum absolute atomic E-state index is 6.14. The summed E-state index contributed by atoms with van der Waals surface area (Å²) in [4.78, 5) is 12.2. The van der Waals surface area contributed by atoms with E-state index in [1.807, 2.05) is 30.4 Å². The first kappa shape index (κ1) is 18.3. The molecule has 27 heavy (non-hydrogen) atoms. The van der Waals surface area contributed by atoms with Gasteiger partial charge in [0.2, 0.25) is 5.96 Å². The Morgan fingerprint density at radius 2 is 2.00 bits per heavy atom. The molecule has 0 spiro atoms. The lowest BCUT2D eigenvalue weighted by atomic mass is 9.75. The van der Waals surface area contributed by atoms with Crippen molar-refractivity contribution in [2.24, 2.45) is 21.6 Å². The molecule has 3 atom stereocenters. The normalized spacial score (nSPS) is 28.3. The third kappa shape index (κ3) is 4.10. The Bertz CT molecular complexity index is 771. The smallest absolute Gasteiger partial charge is 0.218 e. The first-order valence-corrected chi connectivity index (χ1v) is 9.75. The van der Waals surface area contributed by atoms with E-state index in [2.05, 4.69) is 27.0 Å². The van der Waals surface area contributed by atoms with Crippen LogP contribution in [0.3, 0.4) is 0 Å². The van der Waals surface area contributed by atoms with E-state index in [-0.39, 0.29) is 23.8 Å². The molecule has 1 aromatic carbocycles. The van der Waals surface area contributed by atoms with E-state index >= 15 is 0 Å². The Balaban J connectivity index is 1.53. The number of hydrogen-bond acceptors (Lipinski definition) is 7. The van der Waals surface area contributed by atoms with Crippen LogP contribution < -0.4 is 5.73 Å². The van der Waals surface area contributed by atoms with Gasteiger partial charge in [0.15, 0.2) is 5.90 Å². The van der Waals surface area contributed by atoms with Crippen LogP contribution in [0.5, 0.6) is 0 Å². The maximum atomic E-state index is 6.14. The molecule has 7 heteroatoms. The fraction of sp³-hybridized carbons (Fsp3) is 0.450. The van der Waals surface area contributed by atoms with Crippen molar-refractivity contribution >= 4 is 28.9 Å². The van der Waals surface area contributed by atoms with E-state index in [1.54, 1.807) is 0 Å². The summed E-state index contributed by atoms with van der Waals surface area (Å²) in [5.41, 5.74) is 7.11. The Morgan fingerprint density at radius 3 is 2.78 bits per heavy atom. The molecule has 2 N–H and O–H groups in total. The number of guanidine groups is 1. The van der Waals surface area contributed by atoms with Crippen LogP contribution in [0, 0.1) is 5.92 Å². The number of nitrogens with two attached hydrogens (primary N) is 1. The van der Waals surface area contributed by atoms with Crippen molar-refractivity contribution in [3.05, 3.63) is 48.0 Å². The van der Waals surface area contributed by atoms with Gasteiger partial charge in [0, 0.05) is 30.4 Å². The molecule has 0 radical (unpaired) electrons. The van der Waals surface area contributed by atoms with Crippen molar-refractivity contribution < 1.29 is 9.47 Å². The molecule has 1 aromatic rings. The number of morpholine rings is 1. The summed E-state index contributed by atoms with van der Waals surface area (Å²) in [5, 5.41) is 0. The van der Waals surface area contributed by atoms with Crippen LogP contribution in [0.15, 0.2) is 52.5 Å². The molecule has 2 heterocycles. The van der Waals surface area contributed by atoms with Gasteiger partial charge in [0.1, 0.15) is 6.61 Å². The highest BCUT2D eigenvalue weighted by atomic mass is 32.1. The van der Waals surface area contributed by atoms with Gasteiger partial charge in [-0.05, 0) is 11.6 Å². The number of aliphatic imine (C=N–C) groups is 2. The molecule has 1 aliphatic carbocycles. The lowest BCUT2D eigenvalue weighted by Crippen LogP contribution is -2.44. The van der Waals surface area contributed by atoms with E-state index in [0.717, 1.165) is 43.3 Å². The second-order valence-electron chi connectivity index (χ2n) is 6.91. The molecule has 2 aliphatic heterocycles. The molecule has 142 valence electrons. The van der Waals surface area contributed by atoms with Gasteiger partial charge >= 0.3 is 0 Å². The molecule has 0 saturated carbocycles. The molecule has 4 rings (SSSR count). The monoisotopic (exact) mass is 384 g/mol. The lowest BCUT2D eigenvalue weighted by molar-refractivity contribution is 0.0310. The van der Waals surface area contributed by atoms with Crippen molar-refractivity contribution in [3.63, 3.8) is 0 Å². The van der Waals surface area contributed by atoms with Crippen LogP contribution in [-0.2, 0) is 9.47 Å². The van der Waals surface area contributed by atoms with Crippen LogP contribution >= 0.6 is 12.2 Å². The third-order valence-electron chi connectivity index (χ3n) is 5.20. The van der Waals surface area contributed by atoms with E-state index in [4.69, 9.17) is 27.4 Å². The minimum Gasteiger partial charge on any atom is -0.479 e. The Hall–Kier alpha value is -2.09. The number of ether oxygens (including phenoxy) is 2. The molecule has 1 fully saturated rings. The number of thiocarbonyl (C=S) groups is 1. The molecule has 0 bridgehead atoms. The fourth-order valence-corrected chi connectivity index (χ4v) is 4.20. The molecule has 3 unspecified atom stereocenters. The summed E-state index contributed by atoms with van der Waals surface area (Å²) in [6.07, 6.45) is 3.99. The molecule has 0 amide bonds. The van der Waals surface area contributed by atoms with Gasteiger partial charge in [-0.1, -0.05) is 48.6 Å². The first-order chi connectivity index (χ1) is 13.2. The summed E-state index contributed by atoms with van der Waals surface area (Å²) in [5.74, 6) is 0.861. The van der Waals surface area contributed by atoms with Crippen LogP contribution in [0.2, 0.25) is 0 Å². The minimum absolute atomic E-state index is 0.00943. The topological polar surface area (TPSA) is 72.4 Å². The van der Waals surface area contributed by atoms with Gasteiger partial charge in [-0.25, -0.2) is 4.99 Å². The molecule has 3 aliphatic rings. The maximum Gasteiger partial charge on any atom is 0.218 e. The van der Waals surface area contributed by atoms with E-state index in [9.17, 15) is 0 Å². The molecular formula is C20H24N4O2S. The van der Waals surface area contributed by atoms with E-state index < -0.39 is 0 Å². The van der Waals surface area contributed by atoms with Gasteiger partial charge in [0.25, 0.3) is 0 Å². The van der Waals surface area contributed by atoms with Gasteiger partial charge in [-0.2, -0.15) is 4.99 Å². The SMILES string of the molecule is NC1=NC2C=CC(=S)C(c3ccccc3)C2C(OCCN2CCOCC2)=N1. The van der Waals surface area contributed by atoms with Crippen molar-refractivity contribution in [1.82, 2.24) is 4.90 Å². The van der Waals surface area contributed by atoms with Crippen LogP contribution in [0.4, 0.5) is 0 Å². The molecule has 0 aromatic heterocycles. The summed E-state index contributed by atoms with van der Waals surface area (Å²) in [6, 6.07) is 10.2. The molecular weight excluding hydrogens is 360 g/mol. The van der Waals surface area contributed by atoms with Gasteiger partial charge < -0.3 is 15.2 Å². The molecule has 1 saturated heterocycles. The van der Waals surface area contributed by atoms with Crippen molar-refractivity contribution in [3.8, 4) is 0 Å². The number of nitrogens with zero attached hydrogens (tertiary/aromatic N) is 3. The highest BCUT2D eigenvalue weighted by molar-refractivity contribution is 7.80. The van der Waals surface area contributed by atoms with Gasteiger partial charge in [0.05, 0.1) is 25.2 Å². The predicted octanol–water partition coefficient (Wildman–Crippen LogP) is 1.77. The predicted molar refractivity (Wildman–Crippen MR) is 110 cm³/mol. The number of fused-ring (bicyclic) bond motifs is 1. The van der Waals surface area contributed by atoms with Crippen LogP contribution in [-0.4, -0.2) is 67.1 Å². The standard InChI is InChI=1S/C20H24N4O2S/c21-20-22-15-6-7-16(27)17(14-4-2-1-3-5-14)18(15)19(23-20)26-13-10-24-8-11-25-12-9-24/h1-7,15,17-18H,8-13H2,(H2,21,22). The number of allylic oxidation sites excluding steroid dienone is 1. The van der Waals surface area contributed by atoms with Crippen LogP contribution in [0.1, 0.15) is 11.5 Å². The van der Waals surface area contributed by atoms with E-state index in [0.29, 0.717) is 12.5 Å². The van der Waals surface area contributed by atoms with Gasteiger partial charge in [-0.15, -0.1) is 0 Å². The number of hydrogen-bond donors (Lipinski definition) is 1. The van der Waals surface area contributed by atoms with Gasteiger partial charge in [-0.3, -0.25) is 4.90 Å². The highest BCUT2D eigenvalue weighted by Gasteiger charge is 2.41. The zero-order chi connectivity index (χ0) is 18.6. The summed E-state index contributed by atoms with van der Waals surface area (Å²) >= 11 is 5.68. The summed E-state index contributed by atoms with van der Waals surface area (Å²) in [6.45, 7) is 4.83. The van der Waals surface area contributed by atoms with Crippen LogP contribution in [0.25, 0.3) is 0 Å². The van der Waals surface area contributed by atoms with Crippen molar-refractivity contribution in [2.45, 2.75) is 12.0 Å². The number of rotatable bonds is 4. The highest BCUT2D eigenvalue weighted by Crippen LogP contribution is 2.37. The van der Waals surface area contributed by atoms with E-state index in [1.165, 1.54) is 0 Å². The average molecular weight is 385 g/mol. The van der Waals surface area contributed by atoms with Crippen molar-refractivity contribution in [1.29, 1.82) is 0 Å². The second-order valence-corrected chi connectivity index (χ2v) is 7.38. The lowest BCUT2D eigenvalue weighted by Gasteiger charge is -2.36. The average Bonchev–Trinajstić information content (AvgIpc) is 2.69. The Labute approximate surface area is 164 Å². The number of benzene rings is 1. The minimum atomic E-state index is -0.0993. The molecule has 6 nitrogen and oxygen atoms in total. The zero-order valence-corrected chi connectivity index (χ0v) is 16.0. The second kappa shape index (κ2) is 8.29.